The van der Waals surface area contributed by atoms with Crippen LogP contribution >= 0.6 is 22.6 Å². The molecule has 0 amide bonds. The van der Waals surface area contributed by atoms with Gasteiger partial charge < -0.3 is 9.80 Å². The molecule has 2 nitrogen and oxygen atoms in total. The maximum absolute atomic E-state index is 2.75. The molecule has 9 rings (SSSR count). The predicted octanol–water partition coefficient (Wildman–Crippen LogP) is 9.78. The third-order valence-corrected chi connectivity index (χ3v) is 11.8. The Kier molecular flexibility index (Phi) is 7.48. The Balaban J connectivity index is 1.35. The highest BCUT2D eigenvalue weighted by Gasteiger charge is 2.44. The molecule has 47 heavy (non-hydrogen) atoms. The fourth-order valence-corrected chi connectivity index (χ4v) is 9.94. The lowest BCUT2D eigenvalue weighted by molar-refractivity contribution is 0.658. The fourth-order valence-electron chi connectivity index (χ4n) is 9.22. The summed E-state index contributed by atoms with van der Waals surface area (Å²) in [4.78, 5) is 5.34. The zero-order valence-electron chi connectivity index (χ0n) is 27.7. The van der Waals surface area contributed by atoms with Crippen LogP contribution in [0, 0.1) is 10.5 Å². The van der Waals surface area contributed by atoms with Crippen LogP contribution in [-0.2, 0) is 32.1 Å². The Bertz CT molecular complexity index is 2010. The average Bonchev–Trinajstić information content (AvgIpc) is 3.09. The van der Waals surface area contributed by atoms with E-state index in [1.165, 1.54) is 129 Å². The lowest BCUT2D eigenvalue weighted by Crippen LogP contribution is -2.61. The zero-order valence-corrected chi connectivity index (χ0v) is 29.9. The molecule has 2 aliphatic carbocycles. The number of unbranched alkanes of at least 4 members (excludes halogenated alkanes) is 1. The van der Waals surface area contributed by atoms with E-state index < -0.39 is 0 Å². The van der Waals surface area contributed by atoms with Gasteiger partial charge in [-0.15, -0.1) is 0 Å². The first-order chi connectivity index (χ1) is 23.1. The average molecular weight is 725 g/mol. The molecule has 0 spiro atoms. The van der Waals surface area contributed by atoms with Gasteiger partial charge in [-0.25, -0.2) is 0 Å². The van der Waals surface area contributed by atoms with E-state index in [0.717, 1.165) is 6.42 Å². The van der Waals surface area contributed by atoms with Gasteiger partial charge in [-0.05, 0) is 186 Å². The molecule has 234 valence electrons. The van der Waals surface area contributed by atoms with E-state index in [-0.39, 0.29) is 6.71 Å². The Morgan fingerprint density at radius 2 is 1.26 bits per heavy atom. The largest absolute Gasteiger partial charge is 0.311 e. The van der Waals surface area contributed by atoms with Crippen molar-refractivity contribution in [1.82, 2.24) is 0 Å². The third-order valence-electron chi connectivity index (χ3n) is 11.2. The van der Waals surface area contributed by atoms with Crippen LogP contribution in [0.1, 0.15) is 78.8 Å². The van der Waals surface area contributed by atoms with Crippen molar-refractivity contribution in [1.29, 1.82) is 0 Å². The van der Waals surface area contributed by atoms with E-state index in [0.29, 0.717) is 0 Å². The minimum Gasteiger partial charge on any atom is -0.311 e. The first-order valence-electron chi connectivity index (χ1n) is 18.0. The van der Waals surface area contributed by atoms with Crippen LogP contribution in [0.5, 0.6) is 0 Å². The summed E-state index contributed by atoms with van der Waals surface area (Å²) in [5, 5.41) is 0. The third kappa shape index (κ3) is 4.80. The molecule has 2 aliphatic heterocycles. The number of rotatable bonds is 5. The normalized spacial score (nSPS) is 15.9. The van der Waals surface area contributed by atoms with Crippen molar-refractivity contribution >= 4 is 79.8 Å². The van der Waals surface area contributed by atoms with Gasteiger partial charge in [0.25, 0.3) is 6.71 Å². The standard InChI is InChI=1S/C43H42BIN2/c1-3-4-13-29-24-32(45)27-33(25-29)46-38-20-11-9-18-36(38)44-37-19-10-12-21-39(37)47(41-23-28(2)22-40(46)42(41)44)43-34-16-7-5-14-30(34)26-31-15-6-8-17-35(31)43/h9-12,18-27H,3-8,13-17H2,1-2H3. The van der Waals surface area contributed by atoms with Crippen LogP contribution in [0.2, 0.25) is 0 Å². The summed E-state index contributed by atoms with van der Waals surface area (Å²) >= 11 is 2.53. The second kappa shape index (κ2) is 11.9. The fraction of sp³-hybridized carbons (Fsp3) is 0.302. The van der Waals surface area contributed by atoms with E-state index in [9.17, 15) is 0 Å². The molecule has 2 heterocycles. The Labute approximate surface area is 294 Å². The molecule has 0 N–H and O–H groups in total. The summed E-state index contributed by atoms with van der Waals surface area (Å²) in [6.45, 7) is 4.79. The van der Waals surface area contributed by atoms with Crippen molar-refractivity contribution in [2.24, 2.45) is 0 Å². The van der Waals surface area contributed by atoms with Crippen LogP contribution in [-0.4, -0.2) is 6.71 Å². The van der Waals surface area contributed by atoms with E-state index in [1.807, 2.05) is 0 Å². The van der Waals surface area contributed by atoms with Crippen LogP contribution in [0.3, 0.4) is 0 Å². The number of hydrogen-bond acceptors (Lipinski definition) is 2. The molecule has 0 saturated carbocycles. The molecule has 4 heteroatoms. The minimum absolute atomic E-state index is 0.193. The molecule has 0 bridgehead atoms. The van der Waals surface area contributed by atoms with Gasteiger partial charge in [0, 0.05) is 32.0 Å². The Morgan fingerprint density at radius 3 is 1.91 bits per heavy atom. The number of anilines is 6. The summed E-state index contributed by atoms with van der Waals surface area (Å²) in [6, 6.07) is 33.4. The van der Waals surface area contributed by atoms with Crippen LogP contribution in [0.4, 0.5) is 34.1 Å². The highest BCUT2D eigenvalue weighted by Crippen LogP contribution is 2.49. The number of benzene rings is 5. The summed E-state index contributed by atoms with van der Waals surface area (Å²) in [6.07, 6.45) is 13.6. The number of nitrogens with zero attached hydrogens (tertiary/aromatic N) is 2. The van der Waals surface area contributed by atoms with Crippen LogP contribution in [0.15, 0.2) is 84.9 Å². The molecule has 0 radical (unpaired) electrons. The van der Waals surface area contributed by atoms with Gasteiger partial charge in [-0.2, -0.15) is 0 Å². The molecule has 0 aromatic heterocycles. The molecule has 5 aromatic rings. The second-order valence-corrected chi connectivity index (χ2v) is 15.5. The lowest BCUT2D eigenvalue weighted by Gasteiger charge is -2.45. The highest BCUT2D eigenvalue weighted by atomic mass is 127. The number of aryl methyl sites for hydroxylation is 4. The number of para-hydroxylation sites is 2. The number of hydrogen-bond donors (Lipinski definition) is 0. The van der Waals surface area contributed by atoms with Crippen molar-refractivity contribution < 1.29 is 0 Å². The topological polar surface area (TPSA) is 6.48 Å². The Hall–Kier alpha value is -3.51. The summed E-state index contributed by atoms with van der Waals surface area (Å²) in [7, 11) is 0. The van der Waals surface area contributed by atoms with Crippen LogP contribution in [0.25, 0.3) is 0 Å². The van der Waals surface area contributed by atoms with Gasteiger partial charge >= 0.3 is 0 Å². The van der Waals surface area contributed by atoms with E-state index in [4.69, 9.17) is 0 Å². The molecule has 0 atom stereocenters. The summed E-state index contributed by atoms with van der Waals surface area (Å²) in [5.74, 6) is 0. The maximum atomic E-state index is 2.75. The number of halogens is 1. The van der Waals surface area contributed by atoms with Crippen molar-refractivity contribution in [3.63, 3.8) is 0 Å². The van der Waals surface area contributed by atoms with E-state index in [2.05, 4.69) is 131 Å². The van der Waals surface area contributed by atoms with E-state index >= 15 is 0 Å². The lowest BCUT2D eigenvalue weighted by atomic mass is 9.33. The van der Waals surface area contributed by atoms with Gasteiger partial charge in [0.15, 0.2) is 0 Å². The van der Waals surface area contributed by atoms with Gasteiger partial charge in [-0.3, -0.25) is 0 Å². The number of fused-ring (bicyclic) bond motifs is 6. The SMILES string of the molecule is CCCCc1cc(I)cc(N2c3ccccc3B3c4ccccc4N(c4c5c(cc6c4CCCC6)CCCC5)c4cc(C)cc2c43)c1. The van der Waals surface area contributed by atoms with Crippen molar-refractivity contribution in [2.45, 2.75) is 84.5 Å². The Morgan fingerprint density at radius 1 is 0.660 bits per heavy atom. The molecule has 5 aromatic carbocycles. The quantitative estimate of drug-likeness (QED) is 0.129. The first-order valence-corrected chi connectivity index (χ1v) is 19.1. The highest BCUT2D eigenvalue weighted by molar-refractivity contribution is 14.1. The summed E-state index contributed by atoms with van der Waals surface area (Å²) in [5.41, 5.74) is 21.7. The summed E-state index contributed by atoms with van der Waals surface area (Å²) < 4.78 is 1.31. The second-order valence-electron chi connectivity index (χ2n) is 14.3. The van der Waals surface area contributed by atoms with Crippen molar-refractivity contribution in [2.75, 3.05) is 9.80 Å². The molecule has 0 fully saturated rings. The smallest absolute Gasteiger partial charge is 0.252 e. The van der Waals surface area contributed by atoms with Crippen LogP contribution < -0.4 is 26.2 Å². The first kappa shape index (κ1) is 29.6. The van der Waals surface area contributed by atoms with Gasteiger partial charge in [0.05, 0.1) is 5.69 Å². The molecule has 0 unspecified atom stereocenters. The molecular formula is C43H42BIN2. The minimum atomic E-state index is 0.193. The molecule has 4 aliphatic rings. The maximum Gasteiger partial charge on any atom is 0.252 e. The van der Waals surface area contributed by atoms with Gasteiger partial charge in [0.2, 0.25) is 0 Å². The van der Waals surface area contributed by atoms with E-state index in [1.54, 1.807) is 22.3 Å². The monoisotopic (exact) mass is 724 g/mol. The zero-order chi connectivity index (χ0) is 31.6. The van der Waals surface area contributed by atoms with Crippen molar-refractivity contribution in [3.8, 4) is 0 Å². The van der Waals surface area contributed by atoms with Crippen molar-refractivity contribution in [3.05, 3.63) is 122 Å². The van der Waals surface area contributed by atoms with Gasteiger partial charge in [-0.1, -0.05) is 55.8 Å². The van der Waals surface area contributed by atoms with Gasteiger partial charge in [0.1, 0.15) is 0 Å². The predicted molar refractivity (Wildman–Crippen MR) is 210 cm³/mol. The molecule has 0 saturated heterocycles. The molecular weight excluding hydrogens is 682 g/mol.